The van der Waals surface area contributed by atoms with Gasteiger partial charge in [-0.25, -0.2) is 19.6 Å². The number of piperidine rings is 2. The predicted molar refractivity (Wildman–Crippen MR) is 152 cm³/mol. The minimum absolute atomic E-state index is 0.0119. The molecule has 0 aromatic carbocycles. The third-order valence-corrected chi connectivity index (χ3v) is 8.64. The van der Waals surface area contributed by atoms with Crippen LogP contribution < -0.4 is 20.9 Å². The zero-order chi connectivity index (χ0) is 27.7. The monoisotopic (exact) mass is 550 g/mol. The van der Waals surface area contributed by atoms with Crippen molar-refractivity contribution in [3.63, 3.8) is 0 Å². The Hall–Kier alpha value is -3.63. The van der Waals surface area contributed by atoms with Gasteiger partial charge in [-0.15, -0.1) is 0 Å². The summed E-state index contributed by atoms with van der Waals surface area (Å²) >= 11 is 0. The van der Waals surface area contributed by atoms with Gasteiger partial charge in [0.15, 0.2) is 0 Å². The van der Waals surface area contributed by atoms with Crippen molar-refractivity contribution < 1.29 is 14.4 Å². The summed E-state index contributed by atoms with van der Waals surface area (Å²) in [5.74, 6) is 1.63. The van der Waals surface area contributed by atoms with Crippen LogP contribution in [0.25, 0.3) is 0 Å². The van der Waals surface area contributed by atoms with E-state index in [0.717, 1.165) is 76.7 Å². The second-order valence-electron chi connectivity index (χ2n) is 11.4. The highest BCUT2D eigenvalue weighted by molar-refractivity contribution is 5.77. The summed E-state index contributed by atoms with van der Waals surface area (Å²) in [5, 5.41) is 9.49. The topological polar surface area (TPSA) is 124 Å². The molecule has 3 N–H and O–H groups in total. The average Bonchev–Trinajstić information content (AvgIpc) is 3.54. The molecule has 2 aromatic heterocycles. The van der Waals surface area contributed by atoms with Gasteiger partial charge in [0, 0.05) is 69.3 Å². The van der Waals surface area contributed by atoms with Crippen molar-refractivity contribution in [3.05, 3.63) is 43.1 Å². The molecule has 0 spiro atoms. The lowest BCUT2D eigenvalue weighted by Crippen LogP contribution is -2.53. The highest BCUT2D eigenvalue weighted by atomic mass is 16.2. The predicted octanol–water partition coefficient (Wildman–Crippen LogP) is 3.13. The van der Waals surface area contributed by atoms with Gasteiger partial charge >= 0.3 is 12.1 Å². The maximum atomic E-state index is 12.8. The first kappa shape index (κ1) is 27.9. The molecule has 2 saturated heterocycles. The second-order valence-corrected chi connectivity index (χ2v) is 11.4. The Morgan fingerprint density at radius 1 is 0.775 bits per heavy atom. The number of likely N-dealkylation sites (tertiary alicyclic amines) is 1. The summed E-state index contributed by atoms with van der Waals surface area (Å²) in [6.45, 7) is 3.11. The molecule has 0 bridgehead atoms. The molecule has 5 rings (SSSR count). The summed E-state index contributed by atoms with van der Waals surface area (Å²) in [6.07, 6.45) is 15.3. The van der Waals surface area contributed by atoms with Crippen LogP contribution >= 0.6 is 0 Å². The molecule has 2 aliphatic heterocycles. The molecule has 0 radical (unpaired) electrons. The summed E-state index contributed by atoms with van der Waals surface area (Å²) < 4.78 is 1.46. The first-order valence-corrected chi connectivity index (χ1v) is 14.8. The number of rotatable bonds is 7. The van der Waals surface area contributed by atoms with Crippen molar-refractivity contribution in [2.45, 2.75) is 82.3 Å². The number of amides is 4. The van der Waals surface area contributed by atoms with Crippen LogP contribution in [0.4, 0.5) is 15.4 Å². The molecular formula is C29H42N8O3. The number of hydrogen-bond donors (Lipinski definition) is 3. The van der Waals surface area contributed by atoms with Crippen LogP contribution in [-0.4, -0.2) is 81.7 Å². The molecule has 1 saturated carbocycles. The number of nitrogens with one attached hydrogen (secondary N) is 3. The quantitative estimate of drug-likeness (QED) is 0.487. The molecule has 216 valence electrons. The first-order valence-electron chi connectivity index (χ1n) is 14.8. The van der Waals surface area contributed by atoms with Gasteiger partial charge in [-0.1, -0.05) is 6.07 Å². The van der Waals surface area contributed by atoms with Crippen molar-refractivity contribution in [3.8, 4) is 0 Å². The average molecular weight is 551 g/mol. The number of pyridine rings is 1. The standard InChI is InChI=1S/C29H42N8O3/c38-27(9-6-22-4-7-23(8-5-22)33-29(40)37-20-15-30-21-37)32-24-12-18-36(19-13-24)28(39)34-25-10-16-35(17-11-25)26-3-1-2-14-31-26/h1-3,14-15,20-25H,4-13,16-19H2,(H,32,38)(H,33,40)(H,34,39). The van der Waals surface area contributed by atoms with Gasteiger partial charge in [0.2, 0.25) is 5.91 Å². The largest absolute Gasteiger partial charge is 0.356 e. The zero-order valence-electron chi connectivity index (χ0n) is 23.2. The molecule has 4 heterocycles. The number of hydrogen-bond acceptors (Lipinski definition) is 6. The highest BCUT2D eigenvalue weighted by Crippen LogP contribution is 2.28. The Morgan fingerprint density at radius 2 is 1.45 bits per heavy atom. The van der Waals surface area contributed by atoms with E-state index in [1.807, 2.05) is 29.3 Å². The van der Waals surface area contributed by atoms with Crippen molar-refractivity contribution in [2.24, 2.45) is 5.92 Å². The van der Waals surface area contributed by atoms with E-state index in [9.17, 15) is 14.4 Å². The van der Waals surface area contributed by atoms with Crippen molar-refractivity contribution in [2.75, 3.05) is 31.1 Å². The number of aromatic nitrogens is 3. The third kappa shape index (κ3) is 7.73. The van der Waals surface area contributed by atoms with Crippen LogP contribution in [0.15, 0.2) is 43.1 Å². The normalized spacial score (nSPS) is 22.5. The van der Waals surface area contributed by atoms with E-state index < -0.39 is 0 Å². The SMILES string of the molecule is O=C(CCC1CCC(NC(=O)n2ccnc2)CC1)NC1CCN(C(=O)NC2CCN(c3ccccn3)CC2)CC1. The number of imidazole rings is 1. The Labute approximate surface area is 236 Å². The van der Waals surface area contributed by atoms with Crippen molar-refractivity contribution in [1.29, 1.82) is 0 Å². The van der Waals surface area contributed by atoms with Crippen LogP contribution in [0.5, 0.6) is 0 Å². The van der Waals surface area contributed by atoms with Gasteiger partial charge in [-0.05, 0) is 75.8 Å². The van der Waals surface area contributed by atoms with Crippen molar-refractivity contribution >= 4 is 23.8 Å². The maximum Gasteiger partial charge on any atom is 0.327 e. The minimum Gasteiger partial charge on any atom is -0.356 e. The summed E-state index contributed by atoms with van der Waals surface area (Å²) in [6, 6.07) is 6.34. The number of nitrogens with zero attached hydrogens (tertiary/aromatic N) is 5. The first-order chi connectivity index (χ1) is 19.5. The van der Waals surface area contributed by atoms with Gasteiger partial charge in [-0.2, -0.15) is 0 Å². The molecule has 0 unspecified atom stereocenters. The Kier molecular flexibility index (Phi) is 9.51. The van der Waals surface area contributed by atoms with E-state index in [0.29, 0.717) is 25.4 Å². The van der Waals surface area contributed by atoms with E-state index in [1.165, 1.54) is 10.9 Å². The Bertz CT molecular complexity index is 1090. The van der Waals surface area contributed by atoms with Crippen LogP contribution in [0.1, 0.15) is 64.2 Å². The molecular weight excluding hydrogens is 508 g/mol. The molecule has 11 nitrogen and oxygen atoms in total. The van der Waals surface area contributed by atoms with Crippen LogP contribution in [0, 0.1) is 5.92 Å². The van der Waals surface area contributed by atoms with Crippen molar-refractivity contribution in [1.82, 2.24) is 35.4 Å². The number of urea groups is 1. The fraction of sp³-hybridized carbons (Fsp3) is 0.621. The van der Waals surface area contributed by atoms with Crippen LogP contribution in [-0.2, 0) is 4.79 Å². The fourth-order valence-electron chi connectivity index (χ4n) is 6.15. The number of anilines is 1. The lowest BCUT2D eigenvalue weighted by molar-refractivity contribution is -0.122. The zero-order valence-corrected chi connectivity index (χ0v) is 23.2. The summed E-state index contributed by atoms with van der Waals surface area (Å²) in [7, 11) is 0. The van der Waals surface area contributed by atoms with Crippen LogP contribution in [0.2, 0.25) is 0 Å². The second kappa shape index (κ2) is 13.6. The van der Waals surface area contributed by atoms with Crippen LogP contribution in [0.3, 0.4) is 0 Å². The van der Waals surface area contributed by atoms with Gasteiger partial charge in [0.05, 0.1) is 0 Å². The molecule has 40 heavy (non-hydrogen) atoms. The molecule has 2 aromatic rings. The van der Waals surface area contributed by atoms with E-state index in [1.54, 1.807) is 12.4 Å². The molecule has 1 aliphatic carbocycles. The van der Waals surface area contributed by atoms with Gasteiger partial charge in [0.25, 0.3) is 0 Å². The molecule has 11 heteroatoms. The van der Waals surface area contributed by atoms with E-state index in [2.05, 4.69) is 30.8 Å². The van der Waals surface area contributed by atoms with E-state index in [-0.39, 0.29) is 36.1 Å². The number of carbonyl (C=O) groups excluding carboxylic acids is 3. The minimum atomic E-state index is -0.134. The maximum absolute atomic E-state index is 12.8. The fourth-order valence-corrected chi connectivity index (χ4v) is 6.15. The number of carbonyl (C=O) groups is 3. The van der Waals surface area contributed by atoms with Gasteiger partial charge in [0.1, 0.15) is 12.1 Å². The van der Waals surface area contributed by atoms with Gasteiger partial charge in [-0.3, -0.25) is 9.36 Å². The molecule has 4 amide bonds. The Morgan fingerprint density at radius 3 is 2.12 bits per heavy atom. The summed E-state index contributed by atoms with van der Waals surface area (Å²) in [5.41, 5.74) is 0. The molecule has 0 atom stereocenters. The lowest BCUT2D eigenvalue weighted by atomic mass is 9.83. The summed E-state index contributed by atoms with van der Waals surface area (Å²) in [4.78, 5) is 50.2. The van der Waals surface area contributed by atoms with E-state index in [4.69, 9.17) is 0 Å². The third-order valence-electron chi connectivity index (χ3n) is 8.64. The van der Waals surface area contributed by atoms with E-state index >= 15 is 0 Å². The molecule has 3 aliphatic rings. The molecule has 3 fully saturated rings. The Balaban J connectivity index is 0.927. The lowest BCUT2D eigenvalue weighted by Gasteiger charge is -2.36. The smallest absolute Gasteiger partial charge is 0.327 e. The van der Waals surface area contributed by atoms with Gasteiger partial charge < -0.3 is 25.8 Å². The highest BCUT2D eigenvalue weighted by Gasteiger charge is 2.28.